The van der Waals surface area contributed by atoms with Crippen LogP contribution in [-0.2, 0) is 10.0 Å². The van der Waals surface area contributed by atoms with Crippen molar-refractivity contribution in [1.29, 1.82) is 0 Å². The van der Waals surface area contributed by atoms with Crippen molar-refractivity contribution in [2.45, 2.75) is 4.90 Å². The highest BCUT2D eigenvalue weighted by Crippen LogP contribution is 2.18. The first kappa shape index (κ1) is 11.4. The Morgan fingerprint density at radius 3 is 2.35 bits per heavy atom. The Morgan fingerprint density at radius 2 is 1.71 bits per heavy atom. The number of carbonyl (C=O) groups excluding carboxylic acids is 1. The molecule has 2 aromatic carbocycles. The summed E-state index contributed by atoms with van der Waals surface area (Å²) in [6, 6.07) is 10.4. The predicted octanol–water partition coefficient (Wildman–Crippen LogP) is 1.52. The molecule has 0 aliphatic rings. The average Bonchev–Trinajstić information content (AvgIpc) is 2.26. The Bertz CT molecular complexity index is 680. The van der Waals surface area contributed by atoms with Gasteiger partial charge in [-0.15, -0.1) is 0 Å². The molecule has 0 heterocycles. The lowest BCUT2D eigenvalue weighted by Crippen LogP contribution is -2.29. The normalized spacial score (nSPS) is 11.3. The van der Waals surface area contributed by atoms with E-state index in [9.17, 15) is 13.2 Å². The molecule has 2 rings (SSSR count). The lowest BCUT2D eigenvalue weighted by molar-refractivity contribution is 0.252. The summed E-state index contributed by atoms with van der Waals surface area (Å²) in [5.41, 5.74) is 6.62. The fourth-order valence-electron chi connectivity index (χ4n) is 1.52. The molecule has 0 aliphatic carbocycles. The molecule has 6 heteroatoms. The van der Waals surface area contributed by atoms with Gasteiger partial charge in [0.1, 0.15) is 0 Å². The van der Waals surface area contributed by atoms with Crippen LogP contribution in [0.3, 0.4) is 0 Å². The second-order valence-corrected chi connectivity index (χ2v) is 5.13. The van der Waals surface area contributed by atoms with E-state index < -0.39 is 16.1 Å². The monoisotopic (exact) mass is 249 g/mol. The standard InChI is InChI=1S/C11H9N2O3S/c12-11(14)13-17(15,16)10-6-5-8-3-1-2-4-9(8)7-10/h1-7,12H,(H,13,14). The summed E-state index contributed by atoms with van der Waals surface area (Å²) in [6.07, 6.45) is 0. The van der Waals surface area contributed by atoms with Gasteiger partial charge >= 0.3 is 6.03 Å². The Hall–Kier alpha value is -2.08. The van der Waals surface area contributed by atoms with Crippen LogP contribution in [0, 0.1) is 0 Å². The zero-order valence-electron chi connectivity index (χ0n) is 8.67. The van der Waals surface area contributed by atoms with Crippen LogP contribution in [0.4, 0.5) is 4.79 Å². The molecule has 1 radical (unpaired) electrons. The van der Waals surface area contributed by atoms with Crippen LogP contribution in [0.2, 0.25) is 0 Å². The van der Waals surface area contributed by atoms with Gasteiger partial charge in [-0.3, -0.25) is 0 Å². The molecular weight excluding hydrogens is 240 g/mol. The molecule has 0 saturated carbocycles. The third-order valence-electron chi connectivity index (χ3n) is 2.26. The minimum absolute atomic E-state index is 0.0307. The summed E-state index contributed by atoms with van der Waals surface area (Å²) in [5, 5.41) is 1.66. The van der Waals surface area contributed by atoms with Crippen molar-refractivity contribution < 1.29 is 13.2 Å². The van der Waals surface area contributed by atoms with Crippen molar-refractivity contribution in [3.05, 3.63) is 42.5 Å². The average molecular weight is 249 g/mol. The molecule has 0 spiro atoms. The largest absolute Gasteiger partial charge is 0.347 e. The molecule has 5 nitrogen and oxygen atoms in total. The van der Waals surface area contributed by atoms with Crippen molar-refractivity contribution in [3.63, 3.8) is 0 Å². The number of urea groups is 1. The Balaban J connectivity index is 2.53. The van der Waals surface area contributed by atoms with Gasteiger partial charge in [-0.2, -0.15) is 0 Å². The molecule has 87 valence electrons. The lowest BCUT2D eigenvalue weighted by Gasteiger charge is -2.05. The summed E-state index contributed by atoms with van der Waals surface area (Å²) in [7, 11) is -3.94. The minimum Gasteiger partial charge on any atom is -0.247 e. The third kappa shape index (κ3) is 2.36. The van der Waals surface area contributed by atoms with E-state index in [1.54, 1.807) is 22.9 Å². The van der Waals surface area contributed by atoms with Gasteiger partial charge in [0, 0.05) is 0 Å². The highest BCUT2D eigenvalue weighted by atomic mass is 32.2. The van der Waals surface area contributed by atoms with Crippen molar-refractivity contribution in [3.8, 4) is 0 Å². The Labute approximate surface area is 98.3 Å². The highest BCUT2D eigenvalue weighted by Gasteiger charge is 2.16. The van der Waals surface area contributed by atoms with Gasteiger partial charge in [-0.25, -0.2) is 23.7 Å². The van der Waals surface area contributed by atoms with Crippen molar-refractivity contribution in [2.75, 3.05) is 0 Å². The van der Waals surface area contributed by atoms with Crippen molar-refractivity contribution >= 4 is 26.8 Å². The van der Waals surface area contributed by atoms with Gasteiger partial charge < -0.3 is 0 Å². The number of carbonyl (C=O) groups is 1. The summed E-state index contributed by atoms with van der Waals surface area (Å²) in [5.74, 6) is 0. The second-order valence-electron chi connectivity index (χ2n) is 3.44. The molecule has 17 heavy (non-hydrogen) atoms. The van der Waals surface area contributed by atoms with Gasteiger partial charge in [0.05, 0.1) is 4.90 Å². The summed E-state index contributed by atoms with van der Waals surface area (Å²) < 4.78 is 24.9. The molecule has 0 saturated heterocycles. The van der Waals surface area contributed by atoms with Crippen molar-refractivity contribution in [2.24, 2.45) is 0 Å². The molecule has 0 fully saturated rings. The molecule has 0 bridgehead atoms. The van der Waals surface area contributed by atoms with Crippen LogP contribution in [-0.4, -0.2) is 14.4 Å². The number of benzene rings is 2. The molecule has 2 aromatic rings. The van der Waals surface area contributed by atoms with Crippen LogP contribution in [0.5, 0.6) is 0 Å². The van der Waals surface area contributed by atoms with E-state index >= 15 is 0 Å². The van der Waals surface area contributed by atoms with E-state index in [1.807, 2.05) is 12.1 Å². The van der Waals surface area contributed by atoms with E-state index in [0.717, 1.165) is 10.8 Å². The van der Waals surface area contributed by atoms with Crippen LogP contribution in [0.1, 0.15) is 0 Å². The van der Waals surface area contributed by atoms with Gasteiger partial charge in [-0.1, -0.05) is 30.3 Å². The van der Waals surface area contributed by atoms with Crippen LogP contribution >= 0.6 is 0 Å². The number of hydrogen-bond acceptors (Lipinski definition) is 3. The van der Waals surface area contributed by atoms with E-state index in [-0.39, 0.29) is 4.90 Å². The van der Waals surface area contributed by atoms with Gasteiger partial charge in [-0.05, 0) is 22.9 Å². The fourth-order valence-corrected chi connectivity index (χ4v) is 2.41. The van der Waals surface area contributed by atoms with E-state index in [1.165, 1.54) is 12.1 Å². The number of sulfonamides is 1. The second kappa shape index (κ2) is 4.06. The van der Waals surface area contributed by atoms with Crippen LogP contribution in [0.25, 0.3) is 10.8 Å². The molecule has 0 aliphatic heterocycles. The van der Waals surface area contributed by atoms with Crippen LogP contribution < -0.4 is 10.5 Å². The quantitative estimate of drug-likeness (QED) is 0.875. The van der Waals surface area contributed by atoms with E-state index in [2.05, 4.69) is 0 Å². The molecule has 0 aromatic heterocycles. The summed E-state index contributed by atoms with van der Waals surface area (Å²) >= 11 is 0. The Kier molecular flexibility index (Phi) is 2.72. The number of nitrogens with one attached hydrogen (secondary N) is 2. The number of amides is 2. The first-order valence-electron chi connectivity index (χ1n) is 4.76. The number of rotatable bonds is 2. The first-order valence-corrected chi connectivity index (χ1v) is 6.24. The third-order valence-corrected chi connectivity index (χ3v) is 3.59. The minimum atomic E-state index is -3.94. The number of hydrogen-bond donors (Lipinski definition) is 1. The lowest BCUT2D eigenvalue weighted by atomic mass is 10.1. The van der Waals surface area contributed by atoms with Gasteiger partial charge in [0.25, 0.3) is 10.0 Å². The molecule has 2 amide bonds. The fraction of sp³-hybridized carbons (Fsp3) is 0. The summed E-state index contributed by atoms with van der Waals surface area (Å²) in [6.45, 7) is 0. The maximum Gasteiger partial charge on any atom is 0.347 e. The SMILES string of the molecule is [NH]C(=O)NS(=O)(=O)c1ccc2ccccc2c1. The highest BCUT2D eigenvalue weighted by molar-refractivity contribution is 7.90. The Morgan fingerprint density at radius 1 is 1.06 bits per heavy atom. The maximum atomic E-state index is 11.6. The summed E-state index contributed by atoms with van der Waals surface area (Å²) in [4.78, 5) is 10.4. The van der Waals surface area contributed by atoms with Gasteiger partial charge in [0.2, 0.25) is 0 Å². The first-order chi connectivity index (χ1) is 7.99. The number of fused-ring (bicyclic) bond motifs is 1. The van der Waals surface area contributed by atoms with Crippen molar-refractivity contribution in [1.82, 2.24) is 10.5 Å². The van der Waals surface area contributed by atoms with E-state index in [4.69, 9.17) is 5.73 Å². The zero-order chi connectivity index (χ0) is 12.5. The maximum absolute atomic E-state index is 11.6. The van der Waals surface area contributed by atoms with E-state index in [0.29, 0.717) is 0 Å². The van der Waals surface area contributed by atoms with Gasteiger partial charge in [0.15, 0.2) is 0 Å². The molecule has 2 N–H and O–H groups in total. The molecule has 0 atom stereocenters. The smallest absolute Gasteiger partial charge is 0.247 e. The topological polar surface area (TPSA) is 87.0 Å². The molecule has 0 unspecified atom stereocenters. The molecular formula is C11H9N2O3S. The van der Waals surface area contributed by atoms with Crippen LogP contribution in [0.15, 0.2) is 47.4 Å². The predicted molar refractivity (Wildman–Crippen MR) is 62.8 cm³/mol. The zero-order valence-corrected chi connectivity index (χ0v) is 9.49.